The molecule has 156 valence electrons. The molecule has 1 saturated heterocycles. The fraction of sp³-hybridized carbons (Fsp3) is 0.368. The van der Waals surface area contributed by atoms with Crippen molar-refractivity contribution in [3.63, 3.8) is 0 Å². The fourth-order valence-corrected chi connectivity index (χ4v) is 3.57. The lowest BCUT2D eigenvalue weighted by molar-refractivity contribution is 0.102. The van der Waals surface area contributed by atoms with Crippen LogP contribution in [0.4, 0.5) is 16.4 Å². The molecule has 30 heavy (non-hydrogen) atoms. The summed E-state index contributed by atoms with van der Waals surface area (Å²) in [5.41, 5.74) is 2.47. The Bertz CT molecular complexity index is 1110. The molecule has 0 saturated carbocycles. The van der Waals surface area contributed by atoms with Crippen molar-refractivity contribution in [3.05, 3.63) is 41.6 Å². The Morgan fingerprint density at radius 2 is 1.93 bits per heavy atom. The number of nitrogens with one attached hydrogen (secondary N) is 1. The predicted molar refractivity (Wildman–Crippen MR) is 109 cm³/mol. The third kappa shape index (κ3) is 3.73. The summed E-state index contributed by atoms with van der Waals surface area (Å²) in [6, 6.07) is 3.28. The molecule has 3 aromatic rings. The molecule has 1 unspecified atom stereocenters. The summed E-state index contributed by atoms with van der Waals surface area (Å²) in [5, 5.41) is 20.2. The topological polar surface area (TPSA) is 129 Å². The third-order valence-electron chi connectivity index (χ3n) is 5.05. The highest BCUT2D eigenvalue weighted by molar-refractivity contribution is 6.02. The van der Waals surface area contributed by atoms with E-state index in [1.807, 2.05) is 24.9 Å². The molecule has 1 atom stereocenters. The number of anilines is 2. The van der Waals surface area contributed by atoms with Gasteiger partial charge in [-0.3, -0.25) is 4.79 Å². The molecule has 0 spiro atoms. The van der Waals surface area contributed by atoms with Gasteiger partial charge in [0.2, 0.25) is 0 Å². The minimum Gasteiger partial charge on any atom is -0.465 e. The number of hydrogen-bond acceptors (Lipinski definition) is 7. The zero-order chi connectivity index (χ0) is 21.4. The first-order valence-corrected chi connectivity index (χ1v) is 9.54. The van der Waals surface area contributed by atoms with E-state index in [9.17, 15) is 14.7 Å². The van der Waals surface area contributed by atoms with Gasteiger partial charge < -0.3 is 24.6 Å². The molecule has 2 amide bonds. The molecule has 0 bridgehead atoms. The molecule has 11 heteroatoms. The summed E-state index contributed by atoms with van der Waals surface area (Å²) >= 11 is 0. The van der Waals surface area contributed by atoms with Gasteiger partial charge in [0.1, 0.15) is 5.69 Å². The quantitative estimate of drug-likeness (QED) is 0.666. The van der Waals surface area contributed by atoms with Gasteiger partial charge in [-0.1, -0.05) is 0 Å². The van der Waals surface area contributed by atoms with E-state index in [4.69, 9.17) is 0 Å². The molecule has 1 fully saturated rings. The molecule has 1 aliphatic heterocycles. The number of amides is 2. The van der Waals surface area contributed by atoms with Crippen molar-refractivity contribution in [1.29, 1.82) is 0 Å². The van der Waals surface area contributed by atoms with Crippen molar-refractivity contribution in [2.24, 2.45) is 0 Å². The van der Waals surface area contributed by atoms with E-state index in [1.54, 1.807) is 29.7 Å². The smallest absolute Gasteiger partial charge is 0.407 e. The standard InChI is InChI=1S/C19H22N8O3/c1-11-8-26-10-14(21-13(3)17(26)20-11)18(28)22-15-4-5-16(24-23-15)25-6-7-27(19(29)30)12(2)9-25/h4-5,8,10,12H,6-7,9H2,1-3H3,(H,29,30)(H,22,23,28). The molecular weight excluding hydrogens is 388 g/mol. The van der Waals surface area contributed by atoms with Gasteiger partial charge in [0, 0.05) is 38.1 Å². The van der Waals surface area contributed by atoms with Crippen molar-refractivity contribution >= 4 is 29.3 Å². The average Bonchev–Trinajstić information content (AvgIpc) is 3.09. The van der Waals surface area contributed by atoms with E-state index in [-0.39, 0.29) is 11.7 Å². The maximum absolute atomic E-state index is 12.6. The molecule has 11 nitrogen and oxygen atoms in total. The van der Waals surface area contributed by atoms with Crippen molar-refractivity contribution < 1.29 is 14.7 Å². The van der Waals surface area contributed by atoms with Crippen LogP contribution >= 0.6 is 0 Å². The molecule has 1 aliphatic rings. The second kappa shape index (κ2) is 7.58. The van der Waals surface area contributed by atoms with Crippen molar-refractivity contribution in [3.8, 4) is 0 Å². The number of imidazole rings is 1. The largest absolute Gasteiger partial charge is 0.465 e. The van der Waals surface area contributed by atoms with E-state index in [0.717, 1.165) is 5.69 Å². The van der Waals surface area contributed by atoms with Gasteiger partial charge >= 0.3 is 6.09 Å². The van der Waals surface area contributed by atoms with Crippen molar-refractivity contribution in [2.75, 3.05) is 29.9 Å². The number of carbonyl (C=O) groups excluding carboxylic acids is 1. The lowest BCUT2D eigenvalue weighted by atomic mass is 10.2. The first-order chi connectivity index (χ1) is 14.3. The van der Waals surface area contributed by atoms with Gasteiger partial charge in [-0.05, 0) is 32.9 Å². The molecule has 4 heterocycles. The minimum atomic E-state index is -0.917. The summed E-state index contributed by atoms with van der Waals surface area (Å²) in [7, 11) is 0. The van der Waals surface area contributed by atoms with Gasteiger partial charge in [-0.2, -0.15) is 0 Å². The van der Waals surface area contributed by atoms with E-state index in [2.05, 4.69) is 25.5 Å². The predicted octanol–water partition coefficient (Wildman–Crippen LogP) is 1.58. The molecular formula is C19H22N8O3. The highest BCUT2D eigenvalue weighted by atomic mass is 16.4. The monoisotopic (exact) mass is 410 g/mol. The Morgan fingerprint density at radius 3 is 2.60 bits per heavy atom. The van der Waals surface area contributed by atoms with Gasteiger partial charge in [-0.15, -0.1) is 10.2 Å². The lowest BCUT2D eigenvalue weighted by Gasteiger charge is -2.38. The number of rotatable bonds is 3. The number of carbonyl (C=O) groups is 2. The number of piperazine rings is 1. The van der Waals surface area contributed by atoms with Crippen LogP contribution in [0.3, 0.4) is 0 Å². The first-order valence-electron chi connectivity index (χ1n) is 9.54. The lowest BCUT2D eigenvalue weighted by Crippen LogP contribution is -2.54. The van der Waals surface area contributed by atoms with Crippen LogP contribution in [0.15, 0.2) is 24.5 Å². The number of nitrogens with zero attached hydrogens (tertiary/aromatic N) is 7. The van der Waals surface area contributed by atoms with E-state index >= 15 is 0 Å². The van der Waals surface area contributed by atoms with Gasteiger partial charge in [0.25, 0.3) is 5.91 Å². The number of carboxylic acid groups (broad SMARTS) is 1. The van der Waals surface area contributed by atoms with Crippen LogP contribution in [0.1, 0.15) is 28.8 Å². The summed E-state index contributed by atoms with van der Waals surface area (Å²) in [6.45, 7) is 7.00. The summed E-state index contributed by atoms with van der Waals surface area (Å²) in [4.78, 5) is 35.9. The Balaban J connectivity index is 1.45. The number of aryl methyl sites for hydroxylation is 2. The fourth-order valence-electron chi connectivity index (χ4n) is 3.57. The highest BCUT2D eigenvalue weighted by Gasteiger charge is 2.27. The third-order valence-corrected chi connectivity index (χ3v) is 5.05. The molecule has 4 rings (SSSR count). The van der Waals surface area contributed by atoms with E-state index < -0.39 is 12.0 Å². The zero-order valence-corrected chi connectivity index (χ0v) is 16.9. The molecule has 0 aromatic carbocycles. The normalized spacial score (nSPS) is 16.7. The van der Waals surface area contributed by atoms with Crippen LogP contribution in [0.5, 0.6) is 0 Å². The zero-order valence-electron chi connectivity index (χ0n) is 16.9. The summed E-state index contributed by atoms with van der Waals surface area (Å²) in [6.07, 6.45) is 2.54. The van der Waals surface area contributed by atoms with Crippen LogP contribution in [0.25, 0.3) is 5.65 Å². The van der Waals surface area contributed by atoms with Crippen molar-refractivity contribution in [1.82, 2.24) is 29.5 Å². The van der Waals surface area contributed by atoms with Gasteiger partial charge in [0.05, 0.1) is 11.4 Å². The number of aromatic nitrogens is 5. The maximum atomic E-state index is 12.6. The maximum Gasteiger partial charge on any atom is 0.407 e. The first kappa shape index (κ1) is 19.6. The Hall–Kier alpha value is -3.76. The highest BCUT2D eigenvalue weighted by Crippen LogP contribution is 2.18. The van der Waals surface area contributed by atoms with Crippen LogP contribution in [-0.4, -0.2) is 72.2 Å². The second-order valence-corrected chi connectivity index (χ2v) is 7.33. The van der Waals surface area contributed by atoms with Gasteiger partial charge in [0.15, 0.2) is 17.3 Å². The molecule has 0 aliphatic carbocycles. The van der Waals surface area contributed by atoms with E-state index in [0.29, 0.717) is 42.6 Å². The van der Waals surface area contributed by atoms with Crippen LogP contribution in [0, 0.1) is 13.8 Å². The molecule has 3 aromatic heterocycles. The Morgan fingerprint density at radius 1 is 1.13 bits per heavy atom. The number of hydrogen-bond donors (Lipinski definition) is 2. The van der Waals surface area contributed by atoms with Gasteiger partial charge in [-0.25, -0.2) is 14.8 Å². The summed E-state index contributed by atoms with van der Waals surface area (Å²) in [5.74, 6) is 0.550. The number of fused-ring (bicyclic) bond motifs is 1. The molecule has 0 radical (unpaired) electrons. The summed E-state index contributed by atoms with van der Waals surface area (Å²) < 4.78 is 1.78. The minimum absolute atomic E-state index is 0.145. The SMILES string of the molecule is Cc1cn2cc(C(=O)Nc3ccc(N4CCN(C(=O)O)C(C)C4)nn3)nc(C)c2n1. The van der Waals surface area contributed by atoms with E-state index in [1.165, 1.54) is 4.90 Å². The van der Waals surface area contributed by atoms with Crippen LogP contribution in [0.2, 0.25) is 0 Å². The molecule has 2 N–H and O–H groups in total. The van der Waals surface area contributed by atoms with Crippen LogP contribution in [-0.2, 0) is 0 Å². The Labute approximate surface area is 172 Å². The second-order valence-electron chi connectivity index (χ2n) is 7.33. The Kier molecular flexibility index (Phi) is 4.94. The van der Waals surface area contributed by atoms with Crippen molar-refractivity contribution in [2.45, 2.75) is 26.8 Å². The van der Waals surface area contributed by atoms with Crippen LogP contribution < -0.4 is 10.2 Å². The average molecular weight is 410 g/mol.